The predicted molar refractivity (Wildman–Crippen MR) is 104 cm³/mol. The van der Waals surface area contributed by atoms with Crippen LogP contribution in [0.5, 0.6) is 0 Å². The highest BCUT2D eigenvalue weighted by molar-refractivity contribution is 7.08. The van der Waals surface area contributed by atoms with E-state index in [9.17, 15) is 9.59 Å². The fourth-order valence-electron chi connectivity index (χ4n) is 3.21. The topological polar surface area (TPSA) is 49.4 Å². The maximum absolute atomic E-state index is 13.1. The zero-order chi connectivity index (χ0) is 17.9. The SMILES string of the molecule is O=C(Nc1ccccc1C(=O)N1CCc2ccccc2C1)c1ccsc1. The van der Waals surface area contributed by atoms with E-state index >= 15 is 0 Å². The van der Waals surface area contributed by atoms with E-state index in [1.165, 1.54) is 22.5 Å². The van der Waals surface area contributed by atoms with Crippen LogP contribution in [0.15, 0.2) is 65.4 Å². The number of benzene rings is 2. The van der Waals surface area contributed by atoms with Gasteiger partial charge in [-0.3, -0.25) is 9.59 Å². The van der Waals surface area contributed by atoms with Crippen molar-refractivity contribution in [2.24, 2.45) is 0 Å². The van der Waals surface area contributed by atoms with Gasteiger partial charge in [0.1, 0.15) is 0 Å². The molecule has 0 bridgehead atoms. The summed E-state index contributed by atoms with van der Waals surface area (Å²) in [6.07, 6.45) is 0.853. The molecule has 0 saturated heterocycles. The largest absolute Gasteiger partial charge is 0.334 e. The van der Waals surface area contributed by atoms with Crippen molar-refractivity contribution in [3.8, 4) is 0 Å². The number of amides is 2. The first kappa shape index (κ1) is 16.5. The molecule has 1 aliphatic rings. The fourth-order valence-corrected chi connectivity index (χ4v) is 3.84. The van der Waals surface area contributed by atoms with Gasteiger partial charge in [-0.1, -0.05) is 36.4 Å². The lowest BCUT2D eigenvalue weighted by Crippen LogP contribution is -2.36. The van der Waals surface area contributed by atoms with E-state index in [2.05, 4.69) is 17.4 Å². The van der Waals surface area contributed by atoms with Gasteiger partial charge in [-0.2, -0.15) is 11.3 Å². The minimum Gasteiger partial charge on any atom is -0.334 e. The van der Waals surface area contributed by atoms with Gasteiger partial charge in [-0.05, 0) is 41.1 Å². The van der Waals surface area contributed by atoms with Crippen molar-refractivity contribution in [2.75, 3.05) is 11.9 Å². The molecule has 2 heterocycles. The third-order valence-corrected chi connectivity index (χ3v) is 5.29. The molecule has 26 heavy (non-hydrogen) atoms. The summed E-state index contributed by atoms with van der Waals surface area (Å²) in [4.78, 5) is 27.3. The Morgan fingerprint density at radius 1 is 0.962 bits per heavy atom. The van der Waals surface area contributed by atoms with Crippen LogP contribution in [-0.4, -0.2) is 23.3 Å². The van der Waals surface area contributed by atoms with Crippen LogP contribution < -0.4 is 5.32 Å². The number of hydrogen-bond donors (Lipinski definition) is 1. The molecule has 1 N–H and O–H groups in total. The van der Waals surface area contributed by atoms with Crippen molar-refractivity contribution in [3.05, 3.63) is 87.6 Å². The van der Waals surface area contributed by atoms with Crippen molar-refractivity contribution in [3.63, 3.8) is 0 Å². The lowest BCUT2D eigenvalue weighted by molar-refractivity contribution is 0.0736. The molecule has 3 aromatic rings. The van der Waals surface area contributed by atoms with Crippen molar-refractivity contribution in [2.45, 2.75) is 13.0 Å². The molecule has 2 aromatic carbocycles. The second-order valence-electron chi connectivity index (χ2n) is 6.26. The number of nitrogens with zero attached hydrogens (tertiary/aromatic N) is 1. The van der Waals surface area contributed by atoms with E-state index in [1.54, 1.807) is 23.6 Å². The summed E-state index contributed by atoms with van der Waals surface area (Å²) in [5.74, 6) is -0.254. The van der Waals surface area contributed by atoms with E-state index in [-0.39, 0.29) is 11.8 Å². The molecule has 0 atom stereocenters. The van der Waals surface area contributed by atoms with Crippen LogP contribution in [0.25, 0.3) is 0 Å². The Hall–Kier alpha value is -2.92. The number of hydrogen-bond acceptors (Lipinski definition) is 3. The van der Waals surface area contributed by atoms with Crippen molar-refractivity contribution < 1.29 is 9.59 Å². The van der Waals surface area contributed by atoms with Crippen LogP contribution in [0.1, 0.15) is 31.8 Å². The molecule has 0 unspecified atom stereocenters. The van der Waals surface area contributed by atoms with E-state index in [0.29, 0.717) is 29.9 Å². The molecule has 4 nitrogen and oxygen atoms in total. The Bertz CT molecular complexity index is 950. The van der Waals surface area contributed by atoms with Gasteiger partial charge in [0, 0.05) is 18.5 Å². The van der Waals surface area contributed by atoms with E-state index < -0.39 is 0 Å². The zero-order valence-corrected chi connectivity index (χ0v) is 15.0. The van der Waals surface area contributed by atoms with Gasteiger partial charge < -0.3 is 10.2 Å². The normalized spacial score (nSPS) is 13.2. The highest BCUT2D eigenvalue weighted by atomic mass is 32.1. The number of nitrogens with one attached hydrogen (secondary N) is 1. The van der Waals surface area contributed by atoms with Crippen LogP contribution >= 0.6 is 11.3 Å². The molecule has 130 valence electrons. The van der Waals surface area contributed by atoms with Gasteiger partial charge in [-0.25, -0.2) is 0 Å². The van der Waals surface area contributed by atoms with Crippen LogP contribution in [0.2, 0.25) is 0 Å². The Balaban J connectivity index is 1.56. The number of carbonyl (C=O) groups excluding carboxylic acids is 2. The van der Waals surface area contributed by atoms with E-state index in [0.717, 1.165) is 6.42 Å². The van der Waals surface area contributed by atoms with Crippen LogP contribution in [0.4, 0.5) is 5.69 Å². The van der Waals surface area contributed by atoms with Gasteiger partial charge in [0.15, 0.2) is 0 Å². The molecule has 5 heteroatoms. The van der Waals surface area contributed by atoms with Crippen molar-refractivity contribution in [1.82, 2.24) is 4.90 Å². The van der Waals surface area contributed by atoms with Crippen LogP contribution in [-0.2, 0) is 13.0 Å². The van der Waals surface area contributed by atoms with Gasteiger partial charge in [0.2, 0.25) is 0 Å². The summed E-state index contributed by atoms with van der Waals surface area (Å²) in [5.41, 5.74) is 4.16. The average Bonchev–Trinajstić information content (AvgIpc) is 3.22. The van der Waals surface area contributed by atoms with Crippen LogP contribution in [0, 0.1) is 0 Å². The van der Waals surface area contributed by atoms with Gasteiger partial charge in [0.05, 0.1) is 16.8 Å². The minimum absolute atomic E-state index is 0.0549. The van der Waals surface area contributed by atoms with Gasteiger partial charge in [0.25, 0.3) is 11.8 Å². The molecule has 4 rings (SSSR count). The molecular weight excluding hydrogens is 344 g/mol. The second-order valence-corrected chi connectivity index (χ2v) is 7.04. The van der Waals surface area contributed by atoms with Gasteiger partial charge >= 0.3 is 0 Å². The third-order valence-electron chi connectivity index (χ3n) is 4.61. The third kappa shape index (κ3) is 3.26. The molecule has 0 radical (unpaired) electrons. The molecule has 0 fully saturated rings. The second kappa shape index (κ2) is 7.14. The Labute approximate surface area is 156 Å². The molecule has 1 aliphatic heterocycles. The van der Waals surface area contributed by atoms with Crippen molar-refractivity contribution in [1.29, 1.82) is 0 Å². The number of rotatable bonds is 3. The summed E-state index contributed by atoms with van der Waals surface area (Å²) >= 11 is 1.47. The molecule has 1 aromatic heterocycles. The number of thiophene rings is 1. The molecule has 2 amide bonds. The summed E-state index contributed by atoms with van der Waals surface area (Å²) in [6.45, 7) is 1.28. The Morgan fingerprint density at radius 2 is 1.73 bits per heavy atom. The van der Waals surface area contributed by atoms with Crippen molar-refractivity contribution >= 4 is 28.8 Å². The number of carbonyl (C=O) groups is 2. The standard InChI is InChI=1S/C21H18N2O2S/c24-20(17-10-12-26-14-17)22-19-8-4-3-7-18(19)21(25)23-11-9-15-5-1-2-6-16(15)13-23/h1-8,10,12,14H,9,11,13H2,(H,22,24). The maximum atomic E-state index is 13.1. The zero-order valence-electron chi connectivity index (χ0n) is 14.1. The predicted octanol–water partition coefficient (Wildman–Crippen LogP) is 4.20. The monoisotopic (exact) mass is 362 g/mol. The first-order chi connectivity index (χ1) is 12.7. The van der Waals surface area contributed by atoms with Gasteiger partial charge in [-0.15, -0.1) is 0 Å². The Morgan fingerprint density at radius 3 is 2.54 bits per heavy atom. The average molecular weight is 362 g/mol. The van der Waals surface area contributed by atoms with E-state index in [4.69, 9.17) is 0 Å². The Kier molecular flexibility index (Phi) is 4.54. The molecule has 0 spiro atoms. The molecule has 0 aliphatic carbocycles. The maximum Gasteiger partial charge on any atom is 0.256 e. The lowest BCUT2D eigenvalue weighted by atomic mass is 9.99. The van der Waals surface area contributed by atoms with Crippen LogP contribution in [0.3, 0.4) is 0 Å². The summed E-state index contributed by atoms with van der Waals surface area (Å²) < 4.78 is 0. The molecule has 0 saturated carbocycles. The smallest absolute Gasteiger partial charge is 0.256 e. The first-order valence-electron chi connectivity index (χ1n) is 8.51. The summed E-state index contributed by atoms with van der Waals surface area (Å²) in [6, 6.07) is 17.2. The lowest BCUT2D eigenvalue weighted by Gasteiger charge is -2.29. The summed E-state index contributed by atoms with van der Waals surface area (Å²) in [7, 11) is 0. The number of anilines is 1. The highest BCUT2D eigenvalue weighted by Crippen LogP contribution is 2.24. The summed E-state index contributed by atoms with van der Waals surface area (Å²) in [5, 5.41) is 6.52. The first-order valence-corrected chi connectivity index (χ1v) is 9.45. The van der Waals surface area contributed by atoms with E-state index in [1.807, 2.05) is 34.5 Å². The highest BCUT2D eigenvalue weighted by Gasteiger charge is 2.23. The fraction of sp³-hybridized carbons (Fsp3) is 0.143. The minimum atomic E-state index is -0.199. The number of para-hydroxylation sites is 1. The number of fused-ring (bicyclic) bond motifs is 1. The quantitative estimate of drug-likeness (QED) is 0.759. The molecular formula is C21H18N2O2S.